The summed E-state index contributed by atoms with van der Waals surface area (Å²) in [6.45, 7) is 4.65. The van der Waals surface area contributed by atoms with Gasteiger partial charge in [0.2, 0.25) is 12.7 Å². The van der Waals surface area contributed by atoms with E-state index in [-0.39, 0.29) is 6.61 Å². The lowest BCUT2D eigenvalue weighted by molar-refractivity contribution is -0.161. The molecule has 2 aromatic carbocycles. The van der Waals surface area contributed by atoms with Crippen LogP contribution in [0.4, 0.5) is 0 Å². The lowest BCUT2D eigenvalue weighted by Gasteiger charge is -2.16. The highest BCUT2D eigenvalue weighted by Gasteiger charge is 2.25. The highest BCUT2D eigenvalue weighted by Crippen LogP contribution is 2.37. The van der Waals surface area contributed by atoms with E-state index in [2.05, 4.69) is 0 Å². The number of hydrogen-bond donors (Lipinski definition) is 1. The number of halogens is 1. The SMILES string of the molecule is CC(C)(C)C(=O)OCOC(=O)c1sc2cccc(Cl)c2c1COc1ccc(C(N)=O)cc1. The molecular weight excluding hydrogens is 454 g/mol. The minimum atomic E-state index is -0.708. The molecular formula is C23H22ClNO6S. The number of benzene rings is 2. The quantitative estimate of drug-likeness (QED) is 0.383. The zero-order valence-electron chi connectivity index (χ0n) is 17.8. The Morgan fingerprint density at radius 1 is 1.03 bits per heavy atom. The first-order chi connectivity index (χ1) is 15.1. The molecule has 3 aromatic rings. The molecule has 0 saturated carbocycles. The number of fused-ring (bicyclic) bond motifs is 1. The molecule has 0 spiro atoms. The molecule has 0 bridgehead atoms. The van der Waals surface area contributed by atoms with E-state index < -0.39 is 30.1 Å². The molecule has 1 aromatic heterocycles. The van der Waals surface area contributed by atoms with Gasteiger partial charge in [0.05, 0.1) is 5.41 Å². The standard InChI is InChI=1S/C23H22ClNO6S/c1-23(2,3)22(28)31-12-30-21(27)19-15(18-16(24)5-4-6-17(18)32-19)11-29-14-9-7-13(8-10-14)20(25)26/h4-10H,11-12H2,1-3H3,(H2,25,26). The molecule has 0 unspecified atom stereocenters. The first kappa shape index (κ1) is 23.6. The van der Waals surface area contributed by atoms with E-state index in [4.69, 9.17) is 31.5 Å². The maximum absolute atomic E-state index is 12.8. The molecule has 0 aliphatic rings. The number of esters is 2. The number of amides is 1. The van der Waals surface area contributed by atoms with Crippen LogP contribution in [0.2, 0.25) is 5.02 Å². The third kappa shape index (κ3) is 5.38. The number of rotatable bonds is 7. The molecule has 0 aliphatic heterocycles. The van der Waals surface area contributed by atoms with Gasteiger partial charge >= 0.3 is 11.9 Å². The molecule has 7 nitrogen and oxygen atoms in total. The van der Waals surface area contributed by atoms with Gasteiger partial charge in [0.15, 0.2) is 0 Å². The number of thiophene rings is 1. The van der Waals surface area contributed by atoms with Gasteiger partial charge in [-0.25, -0.2) is 4.79 Å². The summed E-state index contributed by atoms with van der Waals surface area (Å²) < 4.78 is 16.8. The van der Waals surface area contributed by atoms with Crippen LogP contribution in [0.25, 0.3) is 10.1 Å². The minimum Gasteiger partial charge on any atom is -0.489 e. The minimum absolute atomic E-state index is 0.0336. The fraction of sp³-hybridized carbons (Fsp3) is 0.261. The van der Waals surface area contributed by atoms with Crippen LogP contribution in [0.5, 0.6) is 5.75 Å². The van der Waals surface area contributed by atoms with E-state index in [1.807, 2.05) is 6.07 Å². The van der Waals surface area contributed by atoms with Crippen molar-refractivity contribution in [2.24, 2.45) is 11.1 Å². The Morgan fingerprint density at radius 3 is 2.34 bits per heavy atom. The molecule has 0 fully saturated rings. The summed E-state index contributed by atoms with van der Waals surface area (Å²) in [4.78, 5) is 36.2. The van der Waals surface area contributed by atoms with Crippen LogP contribution in [-0.4, -0.2) is 24.6 Å². The van der Waals surface area contributed by atoms with Gasteiger partial charge in [-0.1, -0.05) is 17.7 Å². The third-order valence-corrected chi connectivity index (χ3v) is 5.96. The van der Waals surface area contributed by atoms with Crippen molar-refractivity contribution in [1.82, 2.24) is 0 Å². The molecule has 1 heterocycles. The van der Waals surface area contributed by atoms with Gasteiger partial charge in [-0.05, 0) is 57.2 Å². The van der Waals surface area contributed by atoms with Crippen LogP contribution < -0.4 is 10.5 Å². The van der Waals surface area contributed by atoms with Crippen molar-refractivity contribution in [3.8, 4) is 5.75 Å². The predicted molar refractivity (Wildman–Crippen MR) is 122 cm³/mol. The molecule has 2 N–H and O–H groups in total. The molecule has 9 heteroatoms. The van der Waals surface area contributed by atoms with Crippen LogP contribution in [-0.2, 0) is 20.9 Å². The summed E-state index contributed by atoms with van der Waals surface area (Å²) in [6.07, 6.45) is 0. The fourth-order valence-corrected chi connectivity index (χ4v) is 4.23. The number of carbonyl (C=O) groups is 3. The Hall–Kier alpha value is -3.10. The number of hydrogen-bond acceptors (Lipinski definition) is 7. The van der Waals surface area contributed by atoms with E-state index in [1.54, 1.807) is 57.2 Å². The topological polar surface area (TPSA) is 105 Å². The van der Waals surface area contributed by atoms with Gasteiger partial charge in [-0.2, -0.15) is 0 Å². The van der Waals surface area contributed by atoms with Crippen LogP contribution in [0.3, 0.4) is 0 Å². The molecule has 1 amide bonds. The molecule has 0 aliphatic carbocycles. The van der Waals surface area contributed by atoms with Crippen molar-refractivity contribution in [3.05, 3.63) is 63.5 Å². The van der Waals surface area contributed by atoms with Gasteiger partial charge in [-0.3, -0.25) is 9.59 Å². The van der Waals surface area contributed by atoms with Crippen molar-refractivity contribution in [3.63, 3.8) is 0 Å². The van der Waals surface area contributed by atoms with E-state index in [9.17, 15) is 14.4 Å². The summed E-state index contributed by atoms with van der Waals surface area (Å²) in [5.41, 5.74) is 5.46. The van der Waals surface area contributed by atoms with Crippen molar-refractivity contribution >= 4 is 50.9 Å². The zero-order valence-corrected chi connectivity index (χ0v) is 19.3. The Balaban J connectivity index is 1.81. The van der Waals surface area contributed by atoms with Gasteiger partial charge in [-0.15, -0.1) is 11.3 Å². The van der Waals surface area contributed by atoms with Gasteiger partial charge in [0, 0.05) is 26.2 Å². The van der Waals surface area contributed by atoms with Crippen LogP contribution >= 0.6 is 22.9 Å². The Labute approximate surface area is 194 Å². The molecule has 0 saturated heterocycles. The largest absolute Gasteiger partial charge is 0.489 e. The van der Waals surface area contributed by atoms with E-state index in [0.717, 1.165) is 4.70 Å². The number of carbonyl (C=O) groups excluding carboxylic acids is 3. The summed E-state index contributed by atoms with van der Waals surface area (Å²) in [5.74, 6) is -1.18. The first-order valence-electron chi connectivity index (χ1n) is 9.65. The molecule has 168 valence electrons. The second kappa shape index (κ2) is 9.58. The molecule has 0 atom stereocenters. The monoisotopic (exact) mass is 475 g/mol. The summed E-state index contributed by atoms with van der Waals surface area (Å²) in [6, 6.07) is 11.7. The summed E-state index contributed by atoms with van der Waals surface area (Å²) in [7, 11) is 0. The van der Waals surface area contributed by atoms with E-state index in [1.165, 1.54) is 11.3 Å². The van der Waals surface area contributed by atoms with Crippen LogP contribution in [0.15, 0.2) is 42.5 Å². The van der Waals surface area contributed by atoms with Gasteiger partial charge < -0.3 is 19.9 Å². The number of primary amides is 1. The smallest absolute Gasteiger partial charge is 0.351 e. The second-order valence-corrected chi connectivity index (χ2v) is 9.39. The summed E-state index contributed by atoms with van der Waals surface area (Å²) >= 11 is 7.60. The van der Waals surface area contributed by atoms with Crippen molar-refractivity contribution in [1.29, 1.82) is 0 Å². The van der Waals surface area contributed by atoms with E-state index >= 15 is 0 Å². The van der Waals surface area contributed by atoms with Crippen molar-refractivity contribution in [2.75, 3.05) is 6.79 Å². The number of nitrogens with two attached hydrogens (primary N) is 1. The Bertz CT molecular complexity index is 1160. The Kier molecular flexibility index (Phi) is 7.06. The molecule has 0 radical (unpaired) electrons. The lowest BCUT2D eigenvalue weighted by Crippen LogP contribution is -2.24. The predicted octanol–water partition coefficient (Wildman–Crippen LogP) is 4.94. The fourth-order valence-electron chi connectivity index (χ4n) is 2.76. The van der Waals surface area contributed by atoms with E-state index in [0.29, 0.717) is 32.2 Å². The van der Waals surface area contributed by atoms with Crippen LogP contribution in [0, 0.1) is 5.41 Å². The van der Waals surface area contributed by atoms with Crippen LogP contribution in [0.1, 0.15) is 46.4 Å². The Morgan fingerprint density at radius 2 is 1.72 bits per heavy atom. The lowest BCUT2D eigenvalue weighted by atomic mass is 9.98. The first-order valence-corrected chi connectivity index (χ1v) is 10.8. The average molecular weight is 476 g/mol. The molecule has 32 heavy (non-hydrogen) atoms. The second-order valence-electron chi connectivity index (χ2n) is 7.93. The molecule has 3 rings (SSSR count). The van der Waals surface area contributed by atoms with Crippen molar-refractivity contribution in [2.45, 2.75) is 27.4 Å². The third-order valence-electron chi connectivity index (χ3n) is 4.46. The zero-order chi connectivity index (χ0) is 23.5. The highest BCUT2D eigenvalue weighted by atomic mass is 35.5. The highest BCUT2D eigenvalue weighted by molar-refractivity contribution is 7.21. The number of ether oxygens (including phenoxy) is 3. The average Bonchev–Trinajstić information content (AvgIpc) is 3.11. The van der Waals surface area contributed by atoms with Gasteiger partial charge in [0.1, 0.15) is 17.2 Å². The normalized spacial score (nSPS) is 11.2. The summed E-state index contributed by atoms with van der Waals surface area (Å²) in [5, 5.41) is 1.16. The maximum atomic E-state index is 12.8. The van der Waals surface area contributed by atoms with Gasteiger partial charge in [0.25, 0.3) is 0 Å². The maximum Gasteiger partial charge on any atom is 0.351 e. The van der Waals surface area contributed by atoms with Crippen molar-refractivity contribution < 1.29 is 28.6 Å².